The van der Waals surface area contributed by atoms with Crippen LogP contribution in [-0.4, -0.2) is 44.2 Å². The van der Waals surface area contributed by atoms with Gasteiger partial charge in [0.25, 0.3) is 0 Å². The molecule has 3 atom stereocenters. The van der Waals surface area contributed by atoms with Crippen LogP contribution < -0.4 is 5.32 Å². The van der Waals surface area contributed by atoms with Crippen LogP contribution in [0.15, 0.2) is 35.2 Å². The number of carbonyl (C=O) groups is 2. The van der Waals surface area contributed by atoms with E-state index in [4.69, 9.17) is 0 Å². The summed E-state index contributed by atoms with van der Waals surface area (Å²) in [5, 5.41) is 21.2. The molecule has 0 unspecified atom stereocenters. The van der Waals surface area contributed by atoms with Gasteiger partial charge in [-0.05, 0) is 30.9 Å². The minimum absolute atomic E-state index is 0.0248. The molecule has 1 aromatic carbocycles. The third kappa shape index (κ3) is 6.92. The second-order valence-electron chi connectivity index (χ2n) is 5.70. The zero-order valence-corrected chi connectivity index (χ0v) is 14.1. The topological polar surface area (TPSA) is 104 Å². The molecule has 0 spiro atoms. The molecule has 0 heterocycles. The van der Waals surface area contributed by atoms with E-state index in [1.165, 1.54) is 0 Å². The Hall–Kier alpha value is -1.73. The van der Waals surface area contributed by atoms with Gasteiger partial charge in [0, 0.05) is 10.6 Å². The predicted octanol–water partition coefficient (Wildman–Crippen LogP) is 1.16. The van der Waals surface area contributed by atoms with E-state index in [9.17, 15) is 24.0 Å². The van der Waals surface area contributed by atoms with Crippen LogP contribution in [0.1, 0.15) is 26.7 Å². The summed E-state index contributed by atoms with van der Waals surface area (Å²) in [6, 6.07) is 7.56. The molecular weight excluding hydrogens is 318 g/mol. The van der Waals surface area contributed by atoms with E-state index < -0.39 is 34.8 Å². The second-order valence-corrected chi connectivity index (χ2v) is 7.27. The number of hydrogen-bond donors (Lipinski definition) is 3. The largest absolute Gasteiger partial charge is 0.480 e. The minimum Gasteiger partial charge on any atom is -0.480 e. The highest BCUT2D eigenvalue weighted by molar-refractivity contribution is 7.85. The number of rotatable bonds is 9. The lowest BCUT2D eigenvalue weighted by molar-refractivity contribution is -0.143. The summed E-state index contributed by atoms with van der Waals surface area (Å²) in [5.41, 5.74) is 0. The Labute approximate surface area is 138 Å². The Bertz CT molecular complexity index is 547. The van der Waals surface area contributed by atoms with Crippen molar-refractivity contribution < 1.29 is 24.0 Å². The zero-order chi connectivity index (χ0) is 17.4. The maximum atomic E-state index is 12.1. The van der Waals surface area contributed by atoms with Crippen LogP contribution in [0.2, 0.25) is 0 Å². The second kappa shape index (κ2) is 9.42. The van der Waals surface area contributed by atoms with Crippen molar-refractivity contribution in [1.82, 2.24) is 5.32 Å². The monoisotopic (exact) mass is 341 g/mol. The summed E-state index contributed by atoms with van der Waals surface area (Å²) in [6.45, 7) is 3.71. The third-order valence-corrected chi connectivity index (χ3v) is 4.61. The van der Waals surface area contributed by atoms with Crippen LogP contribution >= 0.6 is 0 Å². The highest BCUT2D eigenvalue weighted by Crippen LogP contribution is 2.09. The van der Waals surface area contributed by atoms with Gasteiger partial charge in [0.1, 0.15) is 12.1 Å². The summed E-state index contributed by atoms with van der Waals surface area (Å²) < 4.78 is 12.1. The van der Waals surface area contributed by atoms with E-state index in [-0.39, 0.29) is 24.5 Å². The Balaban J connectivity index is 2.57. The van der Waals surface area contributed by atoms with Crippen LogP contribution in [0.25, 0.3) is 0 Å². The molecule has 0 aliphatic carbocycles. The average molecular weight is 341 g/mol. The maximum absolute atomic E-state index is 12.1. The molecule has 23 heavy (non-hydrogen) atoms. The minimum atomic E-state index is -1.33. The molecule has 0 saturated heterocycles. The molecule has 3 N–H and O–H groups in total. The van der Waals surface area contributed by atoms with Crippen molar-refractivity contribution in [3.05, 3.63) is 30.3 Å². The van der Waals surface area contributed by atoms with Gasteiger partial charge < -0.3 is 15.5 Å². The maximum Gasteiger partial charge on any atom is 0.326 e. The van der Waals surface area contributed by atoms with Crippen molar-refractivity contribution in [1.29, 1.82) is 0 Å². The number of carboxylic acids is 1. The van der Waals surface area contributed by atoms with E-state index in [0.29, 0.717) is 4.90 Å². The number of nitrogens with one attached hydrogen (secondary N) is 1. The Kier molecular flexibility index (Phi) is 7.91. The first kappa shape index (κ1) is 19.3. The van der Waals surface area contributed by atoms with Crippen molar-refractivity contribution in [2.75, 3.05) is 5.75 Å². The predicted molar refractivity (Wildman–Crippen MR) is 87.4 cm³/mol. The van der Waals surface area contributed by atoms with E-state index in [2.05, 4.69) is 5.32 Å². The van der Waals surface area contributed by atoms with Gasteiger partial charge in [-0.25, -0.2) is 4.79 Å². The highest BCUT2D eigenvalue weighted by Gasteiger charge is 2.25. The van der Waals surface area contributed by atoms with Crippen LogP contribution in [0, 0.1) is 5.92 Å². The molecule has 128 valence electrons. The molecule has 0 aliphatic heterocycles. The normalized spacial score (nSPS) is 15.0. The van der Waals surface area contributed by atoms with Gasteiger partial charge in [0.15, 0.2) is 0 Å². The van der Waals surface area contributed by atoms with Crippen LogP contribution in [0.4, 0.5) is 0 Å². The fourth-order valence-corrected chi connectivity index (χ4v) is 3.14. The number of amides is 1. The van der Waals surface area contributed by atoms with Crippen LogP contribution in [0.3, 0.4) is 0 Å². The smallest absolute Gasteiger partial charge is 0.326 e. The molecule has 1 amide bonds. The van der Waals surface area contributed by atoms with Gasteiger partial charge in [0.05, 0.1) is 10.8 Å². The van der Waals surface area contributed by atoms with Crippen molar-refractivity contribution in [2.24, 2.45) is 5.92 Å². The van der Waals surface area contributed by atoms with Crippen molar-refractivity contribution >= 4 is 22.7 Å². The fraction of sp³-hybridized carbons (Fsp3) is 0.500. The van der Waals surface area contributed by atoms with E-state index in [1.54, 1.807) is 30.3 Å². The van der Waals surface area contributed by atoms with Crippen molar-refractivity contribution in [2.45, 2.75) is 43.7 Å². The van der Waals surface area contributed by atoms with Gasteiger partial charge >= 0.3 is 5.97 Å². The number of hydrogen-bond acceptors (Lipinski definition) is 4. The molecule has 1 aromatic rings. The van der Waals surface area contributed by atoms with Gasteiger partial charge in [-0.15, -0.1) is 0 Å². The Morgan fingerprint density at radius 2 is 1.83 bits per heavy atom. The van der Waals surface area contributed by atoms with Gasteiger partial charge in [0.2, 0.25) is 5.91 Å². The molecular formula is C16H23NO5S. The third-order valence-electron chi connectivity index (χ3n) is 3.21. The molecule has 0 aromatic heterocycles. The summed E-state index contributed by atoms with van der Waals surface area (Å²) in [4.78, 5) is 23.7. The molecule has 7 heteroatoms. The molecule has 0 bridgehead atoms. The lowest BCUT2D eigenvalue weighted by Gasteiger charge is -2.18. The Morgan fingerprint density at radius 3 is 2.35 bits per heavy atom. The molecule has 0 radical (unpaired) electrons. The van der Waals surface area contributed by atoms with Crippen LogP contribution in [0.5, 0.6) is 0 Å². The van der Waals surface area contributed by atoms with E-state index in [1.807, 2.05) is 13.8 Å². The zero-order valence-electron chi connectivity index (χ0n) is 13.3. The molecule has 1 rings (SSSR count). The highest BCUT2D eigenvalue weighted by atomic mass is 32.2. The summed E-state index contributed by atoms with van der Waals surface area (Å²) in [6.07, 6.45) is -0.957. The first-order valence-corrected chi connectivity index (χ1v) is 8.77. The number of carboxylic acid groups (broad SMARTS) is 1. The average Bonchev–Trinajstić information content (AvgIpc) is 2.50. The standard InChI is InChI=1S/C16H23NO5S/c1-11(2)10-14(18)15(19)17-13(16(20)21)8-9-23(22)12-6-4-3-5-7-12/h3-7,11,13-14,18H,8-10H2,1-2H3,(H,17,19)(H,20,21)/t13-,14-,23+/m0/s1. The molecule has 0 fully saturated rings. The van der Waals surface area contributed by atoms with Crippen molar-refractivity contribution in [3.63, 3.8) is 0 Å². The SMILES string of the molecule is CC(C)C[C@H](O)C(=O)N[C@@H](CC[S@@](=O)c1ccccc1)C(=O)O. The lowest BCUT2D eigenvalue weighted by Crippen LogP contribution is -2.46. The molecule has 0 aliphatic rings. The van der Waals surface area contributed by atoms with Crippen LogP contribution in [-0.2, 0) is 20.4 Å². The number of aliphatic carboxylic acids is 1. The quantitative estimate of drug-likeness (QED) is 0.625. The fourth-order valence-electron chi connectivity index (χ4n) is 1.99. The first-order chi connectivity index (χ1) is 10.8. The summed E-state index contributed by atoms with van der Waals surface area (Å²) in [5.74, 6) is -1.69. The van der Waals surface area contributed by atoms with E-state index in [0.717, 1.165) is 0 Å². The van der Waals surface area contributed by atoms with Gasteiger partial charge in [-0.1, -0.05) is 32.0 Å². The van der Waals surface area contributed by atoms with Gasteiger partial charge in [-0.2, -0.15) is 0 Å². The molecule has 6 nitrogen and oxygen atoms in total. The van der Waals surface area contributed by atoms with E-state index >= 15 is 0 Å². The molecule has 0 saturated carbocycles. The number of aliphatic hydroxyl groups is 1. The van der Waals surface area contributed by atoms with Gasteiger partial charge in [-0.3, -0.25) is 9.00 Å². The number of benzene rings is 1. The number of aliphatic hydroxyl groups excluding tert-OH is 1. The number of carbonyl (C=O) groups excluding carboxylic acids is 1. The summed E-state index contributed by atoms with van der Waals surface area (Å²) in [7, 11) is -1.33. The Morgan fingerprint density at radius 1 is 1.22 bits per heavy atom. The summed E-state index contributed by atoms with van der Waals surface area (Å²) >= 11 is 0. The lowest BCUT2D eigenvalue weighted by atomic mass is 10.1. The van der Waals surface area contributed by atoms with Crippen molar-refractivity contribution in [3.8, 4) is 0 Å². The first-order valence-electron chi connectivity index (χ1n) is 7.46.